The molecule has 2 fully saturated rings. The molecular formula is C11H22N2O2. The molecule has 4 heteroatoms. The van der Waals surface area contributed by atoms with Crippen molar-refractivity contribution >= 4 is 0 Å². The number of hydrogen-bond donors (Lipinski definition) is 2. The molecule has 2 heterocycles. The van der Waals surface area contributed by atoms with Crippen LogP contribution >= 0.6 is 0 Å². The van der Waals surface area contributed by atoms with E-state index in [0.717, 1.165) is 12.5 Å². The normalized spacial score (nSPS) is 38.4. The van der Waals surface area contributed by atoms with Crippen molar-refractivity contribution < 1.29 is 9.84 Å². The minimum absolute atomic E-state index is 0.150. The lowest BCUT2D eigenvalue weighted by Gasteiger charge is -2.30. The Morgan fingerprint density at radius 1 is 1.47 bits per heavy atom. The molecule has 2 rings (SSSR count). The third kappa shape index (κ3) is 3.14. The number of ether oxygens (including phenoxy) is 1. The molecule has 0 aromatic heterocycles. The van der Waals surface area contributed by atoms with Gasteiger partial charge in [-0.1, -0.05) is 0 Å². The van der Waals surface area contributed by atoms with E-state index in [4.69, 9.17) is 4.74 Å². The molecule has 0 bridgehead atoms. The maximum absolute atomic E-state index is 9.57. The molecule has 2 saturated heterocycles. The summed E-state index contributed by atoms with van der Waals surface area (Å²) in [5.41, 5.74) is 0. The standard InChI is InChI=1S/C11H22N2O2/c1-13-4-2-3-9(6-13)5-12-10-7-15-8-11(10)14/h9-12,14H,2-8H2,1H3. The van der Waals surface area contributed by atoms with E-state index in [1.165, 1.54) is 25.9 Å². The second-order valence-electron chi connectivity index (χ2n) is 4.89. The molecule has 15 heavy (non-hydrogen) atoms. The van der Waals surface area contributed by atoms with Crippen LogP contribution in [0.4, 0.5) is 0 Å². The molecule has 0 amide bonds. The molecule has 3 unspecified atom stereocenters. The predicted octanol–water partition coefficient (Wildman–Crippen LogP) is -0.322. The van der Waals surface area contributed by atoms with E-state index in [9.17, 15) is 5.11 Å². The summed E-state index contributed by atoms with van der Waals surface area (Å²) in [7, 11) is 2.18. The van der Waals surface area contributed by atoms with Crippen LogP contribution in [0, 0.1) is 5.92 Å². The van der Waals surface area contributed by atoms with Gasteiger partial charge in [-0.25, -0.2) is 0 Å². The highest BCUT2D eigenvalue weighted by molar-refractivity contribution is 4.82. The fourth-order valence-electron chi connectivity index (χ4n) is 2.50. The third-order valence-electron chi connectivity index (χ3n) is 3.44. The summed E-state index contributed by atoms with van der Waals surface area (Å²) in [6.45, 7) is 4.56. The quantitative estimate of drug-likeness (QED) is 0.676. The monoisotopic (exact) mass is 214 g/mol. The zero-order chi connectivity index (χ0) is 10.7. The van der Waals surface area contributed by atoms with Crippen molar-refractivity contribution in [2.45, 2.75) is 25.0 Å². The molecule has 4 nitrogen and oxygen atoms in total. The number of nitrogens with zero attached hydrogens (tertiary/aromatic N) is 1. The molecular weight excluding hydrogens is 192 g/mol. The van der Waals surface area contributed by atoms with Crippen LogP contribution < -0.4 is 5.32 Å². The lowest BCUT2D eigenvalue weighted by Crippen LogP contribution is -2.44. The lowest BCUT2D eigenvalue weighted by molar-refractivity contribution is 0.121. The summed E-state index contributed by atoms with van der Waals surface area (Å²) in [6.07, 6.45) is 2.29. The third-order valence-corrected chi connectivity index (χ3v) is 3.44. The van der Waals surface area contributed by atoms with Crippen molar-refractivity contribution in [1.82, 2.24) is 10.2 Å². The van der Waals surface area contributed by atoms with Gasteiger partial charge in [0.15, 0.2) is 0 Å². The Balaban J connectivity index is 1.68. The summed E-state index contributed by atoms with van der Waals surface area (Å²) in [6, 6.07) is 0.150. The van der Waals surface area contributed by atoms with Gasteiger partial charge >= 0.3 is 0 Å². The van der Waals surface area contributed by atoms with Crippen LogP contribution in [-0.4, -0.2) is 62.0 Å². The molecule has 3 atom stereocenters. The predicted molar refractivity (Wildman–Crippen MR) is 58.8 cm³/mol. The largest absolute Gasteiger partial charge is 0.389 e. The topological polar surface area (TPSA) is 44.7 Å². The van der Waals surface area contributed by atoms with Crippen molar-refractivity contribution in [2.24, 2.45) is 5.92 Å². The zero-order valence-electron chi connectivity index (χ0n) is 9.48. The Labute approximate surface area is 91.6 Å². The van der Waals surface area contributed by atoms with Crippen molar-refractivity contribution in [3.8, 4) is 0 Å². The highest BCUT2D eigenvalue weighted by Gasteiger charge is 2.27. The summed E-state index contributed by atoms with van der Waals surface area (Å²) in [4.78, 5) is 2.39. The number of piperidine rings is 1. The van der Waals surface area contributed by atoms with E-state index < -0.39 is 0 Å². The second-order valence-corrected chi connectivity index (χ2v) is 4.89. The number of aliphatic hydroxyl groups excluding tert-OH is 1. The number of hydrogen-bond acceptors (Lipinski definition) is 4. The Kier molecular flexibility index (Phi) is 3.97. The minimum atomic E-state index is -0.314. The maximum Gasteiger partial charge on any atom is 0.0948 e. The first-order valence-electron chi connectivity index (χ1n) is 5.93. The van der Waals surface area contributed by atoms with E-state index in [1.54, 1.807) is 0 Å². The summed E-state index contributed by atoms with van der Waals surface area (Å²) in [5.74, 6) is 0.733. The van der Waals surface area contributed by atoms with Crippen LogP contribution in [0.3, 0.4) is 0 Å². The average Bonchev–Trinajstić information content (AvgIpc) is 2.61. The van der Waals surface area contributed by atoms with Crippen LogP contribution in [0.1, 0.15) is 12.8 Å². The molecule has 2 aliphatic heterocycles. The van der Waals surface area contributed by atoms with Crippen molar-refractivity contribution in [3.63, 3.8) is 0 Å². The molecule has 0 aromatic rings. The van der Waals surface area contributed by atoms with Crippen molar-refractivity contribution in [1.29, 1.82) is 0 Å². The van der Waals surface area contributed by atoms with Crippen LogP contribution in [0.2, 0.25) is 0 Å². The first kappa shape index (κ1) is 11.3. The van der Waals surface area contributed by atoms with Gasteiger partial charge in [-0.3, -0.25) is 0 Å². The average molecular weight is 214 g/mol. The summed E-state index contributed by atoms with van der Waals surface area (Å²) >= 11 is 0. The van der Waals surface area contributed by atoms with Crippen LogP contribution in [0.15, 0.2) is 0 Å². The second kappa shape index (κ2) is 5.25. The number of likely N-dealkylation sites (tertiary alicyclic amines) is 1. The van der Waals surface area contributed by atoms with E-state index in [0.29, 0.717) is 13.2 Å². The Bertz CT molecular complexity index is 201. The van der Waals surface area contributed by atoms with Gasteiger partial charge in [0.25, 0.3) is 0 Å². The van der Waals surface area contributed by atoms with Gasteiger partial charge in [0.2, 0.25) is 0 Å². The number of aliphatic hydroxyl groups is 1. The summed E-state index contributed by atoms with van der Waals surface area (Å²) in [5, 5.41) is 13.0. The molecule has 2 aliphatic rings. The van der Waals surface area contributed by atoms with Gasteiger partial charge in [-0.15, -0.1) is 0 Å². The van der Waals surface area contributed by atoms with E-state index >= 15 is 0 Å². The van der Waals surface area contributed by atoms with Gasteiger partial charge in [-0.2, -0.15) is 0 Å². The van der Waals surface area contributed by atoms with Gasteiger partial charge in [0, 0.05) is 6.54 Å². The van der Waals surface area contributed by atoms with Crippen LogP contribution in [-0.2, 0) is 4.74 Å². The first-order chi connectivity index (χ1) is 7.25. The van der Waals surface area contributed by atoms with E-state index in [2.05, 4.69) is 17.3 Å². The highest BCUT2D eigenvalue weighted by Crippen LogP contribution is 2.15. The molecule has 2 N–H and O–H groups in total. The maximum atomic E-state index is 9.57. The van der Waals surface area contributed by atoms with Crippen molar-refractivity contribution in [2.75, 3.05) is 39.9 Å². The summed E-state index contributed by atoms with van der Waals surface area (Å²) < 4.78 is 5.21. The van der Waals surface area contributed by atoms with Gasteiger partial charge < -0.3 is 20.1 Å². The molecule has 0 spiro atoms. The van der Waals surface area contributed by atoms with Crippen molar-refractivity contribution in [3.05, 3.63) is 0 Å². The van der Waals surface area contributed by atoms with E-state index in [1.807, 2.05) is 0 Å². The SMILES string of the molecule is CN1CCCC(CNC2COCC2O)C1. The molecule has 88 valence electrons. The Hall–Kier alpha value is -0.160. The smallest absolute Gasteiger partial charge is 0.0948 e. The van der Waals surface area contributed by atoms with Gasteiger partial charge in [-0.05, 0) is 38.9 Å². The van der Waals surface area contributed by atoms with Gasteiger partial charge in [0.05, 0.1) is 25.4 Å². The molecule has 0 aliphatic carbocycles. The van der Waals surface area contributed by atoms with Crippen LogP contribution in [0.5, 0.6) is 0 Å². The Morgan fingerprint density at radius 2 is 2.33 bits per heavy atom. The molecule has 0 saturated carbocycles. The molecule has 0 aromatic carbocycles. The first-order valence-corrected chi connectivity index (χ1v) is 5.93. The minimum Gasteiger partial charge on any atom is -0.389 e. The zero-order valence-corrected chi connectivity index (χ0v) is 9.48. The van der Waals surface area contributed by atoms with E-state index in [-0.39, 0.29) is 12.1 Å². The number of nitrogens with one attached hydrogen (secondary N) is 1. The lowest BCUT2D eigenvalue weighted by atomic mass is 9.98. The van der Waals surface area contributed by atoms with Gasteiger partial charge in [0.1, 0.15) is 0 Å². The number of rotatable bonds is 3. The Morgan fingerprint density at radius 3 is 3.00 bits per heavy atom. The highest BCUT2D eigenvalue weighted by atomic mass is 16.5. The van der Waals surface area contributed by atoms with Crippen LogP contribution in [0.25, 0.3) is 0 Å². The molecule has 0 radical (unpaired) electrons. The fraction of sp³-hybridized carbons (Fsp3) is 1.00. The fourth-order valence-corrected chi connectivity index (χ4v) is 2.50.